The van der Waals surface area contributed by atoms with E-state index in [1.165, 1.54) is 36.2 Å². The number of alkyl halides is 2. The Bertz CT molecular complexity index is 922. The van der Waals surface area contributed by atoms with E-state index in [0.717, 1.165) is 6.92 Å². The molecule has 0 aliphatic carbocycles. The zero-order chi connectivity index (χ0) is 19.8. The summed E-state index contributed by atoms with van der Waals surface area (Å²) in [7, 11) is 1.78. The Hall–Kier alpha value is -2.38. The predicted octanol–water partition coefficient (Wildman–Crippen LogP) is 5.33. The molecule has 0 radical (unpaired) electrons. The molecule has 7 heteroatoms. The summed E-state index contributed by atoms with van der Waals surface area (Å²) in [6, 6.07) is 9.05. The molecule has 0 saturated carbocycles. The minimum atomic E-state index is -3.00. The van der Waals surface area contributed by atoms with Crippen molar-refractivity contribution in [2.45, 2.75) is 24.3 Å². The monoisotopic (exact) mass is 392 g/mol. The number of halogens is 3. The number of likely N-dealkylation sites (N-methyl/N-ethyl adjacent to an activating group) is 1. The maximum absolute atomic E-state index is 14.1. The zero-order valence-corrected chi connectivity index (χ0v) is 15.7. The highest BCUT2D eigenvalue weighted by molar-refractivity contribution is 7.97. The van der Waals surface area contributed by atoms with E-state index in [-0.39, 0.29) is 17.9 Å². The third kappa shape index (κ3) is 4.14. The summed E-state index contributed by atoms with van der Waals surface area (Å²) >= 11 is 1.21. The van der Waals surface area contributed by atoms with Gasteiger partial charge in [-0.3, -0.25) is 4.72 Å². The minimum absolute atomic E-state index is 0.0183. The molecule has 0 aromatic heterocycles. The molecule has 1 heterocycles. The Morgan fingerprint density at radius 2 is 1.96 bits per heavy atom. The Labute approximate surface area is 160 Å². The standard InChI is InChI=1S/C20H19F3N2OS/c1-12-8-17(20(2,22)23)16-10-15(5-7-19(16)25(12)3)27-24-11-13-9-14(26)4-6-18(13)21/h4-10,24,26H,1,11H2,2-3H3. The van der Waals surface area contributed by atoms with Gasteiger partial charge in [-0.25, -0.2) is 13.2 Å². The molecule has 142 valence electrons. The van der Waals surface area contributed by atoms with Crippen molar-refractivity contribution in [3.05, 3.63) is 71.7 Å². The summed E-state index contributed by atoms with van der Waals surface area (Å²) in [6.45, 7) is 4.86. The highest BCUT2D eigenvalue weighted by Gasteiger charge is 2.34. The van der Waals surface area contributed by atoms with Crippen LogP contribution in [0.4, 0.5) is 18.9 Å². The first-order chi connectivity index (χ1) is 12.7. The van der Waals surface area contributed by atoms with Gasteiger partial charge < -0.3 is 10.0 Å². The van der Waals surface area contributed by atoms with Gasteiger partial charge in [-0.15, -0.1) is 0 Å². The molecule has 0 amide bonds. The SMILES string of the molecule is C=C1C=C(C(C)(F)F)c2cc(SNCc3cc(O)ccc3F)ccc2N1C. The fraction of sp³-hybridized carbons (Fsp3) is 0.200. The van der Waals surface area contributed by atoms with Crippen molar-refractivity contribution in [1.82, 2.24) is 4.72 Å². The second kappa shape index (κ2) is 7.32. The van der Waals surface area contributed by atoms with Crippen molar-refractivity contribution in [2.24, 2.45) is 0 Å². The fourth-order valence-corrected chi connectivity index (χ4v) is 3.55. The number of nitrogens with one attached hydrogen (secondary N) is 1. The van der Waals surface area contributed by atoms with Crippen LogP contribution in [-0.2, 0) is 6.54 Å². The lowest BCUT2D eigenvalue weighted by molar-refractivity contribution is 0.0891. The number of hydrogen-bond acceptors (Lipinski definition) is 4. The van der Waals surface area contributed by atoms with Gasteiger partial charge in [0, 0.05) is 53.5 Å². The van der Waals surface area contributed by atoms with Crippen LogP contribution in [0.1, 0.15) is 18.1 Å². The molecular formula is C20H19F3N2OS. The lowest BCUT2D eigenvalue weighted by Gasteiger charge is -2.31. The minimum Gasteiger partial charge on any atom is -0.508 e. The maximum atomic E-state index is 14.1. The number of nitrogens with zero attached hydrogens (tertiary/aromatic N) is 1. The van der Waals surface area contributed by atoms with Gasteiger partial charge in [0.1, 0.15) is 11.6 Å². The van der Waals surface area contributed by atoms with E-state index in [9.17, 15) is 18.3 Å². The molecule has 0 fully saturated rings. The van der Waals surface area contributed by atoms with Crippen LogP contribution in [0, 0.1) is 5.82 Å². The molecule has 1 aliphatic rings. The van der Waals surface area contributed by atoms with Crippen LogP contribution in [0.15, 0.2) is 59.6 Å². The van der Waals surface area contributed by atoms with Crippen molar-refractivity contribution >= 4 is 23.2 Å². The zero-order valence-electron chi connectivity index (χ0n) is 14.9. The molecule has 1 aliphatic heterocycles. The first-order valence-electron chi connectivity index (χ1n) is 8.21. The number of aromatic hydroxyl groups is 1. The van der Waals surface area contributed by atoms with Gasteiger partial charge in [-0.1, -0.05) is 6.58 Å². The normalized spacial score (nSPS) is 14.2. The lowest BCUT2D eigenvalue weighted by Crippen LogP contribution is -2.24. The molecular weight excluding hydrogens is 373 g/mol. The number of allylic oxidation sites excluding steroid dienone is 2. The number of fused-ring (bicyclic) bond motifs is 1. The van der Waals surface area contributed by atoms with Gasteiger partial charge in [0.15, 0.2) is 0 Å². The molecule has 3 rings (SSSR count). The van der Waals surface area contributed by atoms with Gasteiger partial charge >= 0.3 is 0 Å². The average molecular weight is 392 g/mol. The van der Waals surface area contributed by atoms with Crippen LogP contribution in [-0.4, -0.2) is 18.1 Å². The molecule has 0 bridgehead atoms. The Balaban J connectivity index is 1.81. The van der Waals surface area contributed by atoms with Crippen LogP contribution < -0.4 is 9.62 Å². The molecule has 27 heavy (non-hydrogen) atoms. The molecule has 0 spiro atoms. The Morgan fingerprint density at radius 3 is 2.67 bits per heavy atom. The van der Waals surface area contributed by atoms with Crippen molar-refractivity contribution in [3.63, 3.8) is 0 Å². The highest BCUT2D eigenvalue weighted by Crippen LogP contribution is 2.43. The van der Waals surface area contributed by atoms with Gasteiger partial charge in [-0.05, 0) is 54.4 Å². The van der Waals surface area contributed by atoms with Gasteiger partial charge in [0.25, 0.3) is 5.92 Å². The van der Waals surface area contributed by atoms with E-state index >= 15 is 0 Å². The summed E-state index contributed by atoms with van der Waals surface area (Å²) < 4.78 is 44.8. The average Bonchev–Trinajstić information content (AvgIpc) is 2.60. The van der Waals surface area contributed by atoms with E-state index in [1.807, 2.05) is 0 Å². The van der Waals surface area contributed by atoms with Gasteiger partial charge in [0.05, 0.1) is 0 Å². The molecule has 2 N–H and O–H groups in total. The van der Waals surface area contributed by atoms with Crippen LogP contribution in [0.25, 0.3) is 5.57 Å². The molecule has 0 unspecified atom stereocenters. The third-order valence-corrected chi connectivity index (χ3v) is 5.09. The van der Waals surface area contributed by atoms with E-state index in [1.54, 1.807) is 30.1 Å². The summed E-state index contributed by atoms with van der Waals surface area (Å²) in [5.74, 6) is -3.45. The first-order valence-corrected chi connectivity index (χ1v) is 9.02. The summed E-state index contributed by atoms with van der Waals surface area (Å²) in [5, 5.41) is 9.45. The van der Waals surface area contributed by atoms with Gasteiger partial charge in [-0.2, -0.15) is 0 Å². The number of hydrogen-bond donors (Lipinski definition) is 2. The van der Waals surface area contributed by atoms with Crippen molar-refractivity contribution in [2.75, 3.05) is 11.9 Å². The first kappa shape index (κ1) is 19.4. The highest BCUT2D eigenvalue weighted by atomic mass is 32.2. The lowest BCUT2D eigenvalue weighted by atomic mass is 9.94. The number of phenols is 1. The smallest absolute Gasteiger partial charge is 0.271 e. The number of benzene rings is 2. The van der Waals surface area contributed by atoms with Gasteiger partial charge in [0.2, 0.25) is 0 Å². The molecule has 0 saturated heterocycles. The third-order valence-electron chi connectivity index (χ3n) is 4.32. The van der Waals surface area contributed by atoms with E-state index in [2.05, 4.69) is 11.3 Å². The van der Waals surface area contributed by atoms with Crippen molar-refractivity contribution in [1.29, 1.82) is 0 Å². The maximum Gasteiger partial charge on any atom is 0.271 e. The second-order valence-electron chi connectivity index (χ2n) is 6.37. The number of rotatable bonds is 5. The number of phenolic OH excluding ortho intramolecular Hbond substituents is 1. The fourth-order valence-electron chi connectivity index (χ4n) is 2.84. The van der Waals surface area contributed by atoms with Crippen molar-refractivity contribution in [3.8, 4) is 5.75 Å². The molecule has 0 atom stereocenters. The molecule has 2 aromatic rings. The topological polar surface area (TPSA) is 35.5 Å². The van der Waals surface area contributed by atoms with E-state index in [4.69, 9.17) is 0 Å². The van der Waals surface area contributed by atoms with Crippen LogP contribution in [0.2, 0.25) is 0 Å². The largest absolute Gasteiger partial charge is 0.508 e. The summed E-state index contributed by atoms with van der Waals surface area (Å²) in [4.78, 5) is 2.47. The van der Waals surface area contributed by atoms with Crippen LogP contribution >= 0.6 is 11.9 Å². The van der Waals surface area contributed by atoms with E-state index < -0.39 is 11.7 Å². The number of anilines is 1. The molecule has 2 aromatic carbocycles. The van der Waals surface area contributed by atoms with Crippen molar-refractivity contribution < 1.29 is 18.3 Å². The Morgan fingerprint density at radius 1 is 1.22 bits per heavy atom. The quantitative estimate of drug-likeness (QED) is 0.674. The van der Waals surface area contributed by atoms with Crippen LogP contribution in [0.5, 0.6) is 5.75 Å². The summed E-state index contributed by atoms with van der Waals surface area (Å²) in [5.41, 5.74) is 1.83. The van der Waals surface area contributed by atoms with Crippen LogP contribution in [0.3, 0.4) is 0 Å². The predicted molar refractivity (Wildman–Crippen MR) is 103 cm³/mol. The molecule has 3 nitrogen and oxygen atoms in total. The second-order valence-corrected chi connectivity index (χ2v) is 7.34. The summed E-state index contributed by atoms with van der Waals surface area (Å²) in [6.07, 6.45) is 1.40. The van der Waals surface area contributed by atoms with E-state index in [0.29, 0.717) is 27.4 Å². The Kier molecular flexibility index (Phi) is 5.26.